The minimum Gasteiger partial charge on any atom is -0.398 e. The van der Waals surface area contributed by atoms with Crippen molar-refractivity contribution in [1.82, 2.24) is 0 Å². The van der Waals surface area contributed by atoms with Crippen molar-refractivity contribution in [2.45, 2.75) is 32.7 Å². The van der Waals surface area contributed by atoms with Gasteiger partial charge in [-0.05, 0) is 66.2 Å². The molecular weight excluding hydrogens is 264 g/mol. The molecule has 1 aliphatic rings. The van der Waals surface area contributed by atoms with E-state index in [1.807, 2.05) is 6.07 Å². The average Bonchev–Trinajstić information content (AvgIpc) is 3.05. The Bertz CT molecular complexity index is 399. The van der Waals surface area contributed by atoms with E-state index in [9.17, 15) is 0 Å². The third-order valence-corrected chi connectivity index (χ3v) is 4.27. The molecule has 1 aromatic rings. The topological polar surface area (TPSA) is 29.3 Å². The van der Waals surface area contributed by atoms with Crippen LogP contribution >= 0.6 is 15.9 Å². The minimum absolute atomic E-state index is 0.610. The lowest BCUT2D eigenvalue weighted by Gasteiger charge is -2.28. The molecule has 0 saturated heterocycles. The van der Waals surface area contributed by atoms with Gasteiger partial charge in [0.15, 0.2) is 0 Å². The molecule has 0 amide bonds. The van der Waals surface area contributed by atoms with E-state index < -0.39 is 0 Å². The molecule has 1 aromatic carbocycles. The van der Waals surface area contributed by atoms with Crippen LogP contribution in [0.25, 0.3) is 0 Å². The first-order valence-electron chi connectivity index (χ1n) is 5.79. The van der Waals surface area contributed by atoms with Crippen LogP contribution in [0.2, 0.25) is 0 Å². The van der Waals surface area contributed by atoms with Crippen LogP contribution in [-0.2, 0) is 0 Å². The maximum atomic E-state index is 5.89. The standard InChI is InChI=1S/C13H19BrN2/c1-8-6-13(11(14)7-12(8)15)16(3)9(2)10-4-5-10/h6-7,9-10H,4-5,15H2,1-3H3. The van der Waals surface area contributed by atoms with Crippen molar-refractivity contribution in [1.29, 1.82) is 0 Å². The Morgan fingerprint density at radius 2 is 2.06 bits per heavy atom. The highest BCUT2D eigenvalue weighted by Gasteiger charge is 2.31. The molecule has 0 radical (unpaired) electrons. The van der Waals surface area contributed by atoms with E-state index in [1.54, 1.807) is 0 Å². The van der Waals surface area contributed by atoms with Crippen LogP contribution in [0.4, 0.5) is 11.4 Å². The van der Waals surface area contributed by atoms with E-state index in [0.29, 0.717) is 6.04 Å². The van der Waals surface area contributed by atoms with Crippen LogP contribution in [0, 0.1) is 12.8 Å². The van der Waals surface area contributed by atoms with Crippen molar-refractivity contribution in [3.63, 3.8) is 0 Å². The number of rotatable bonds is 3. The SMILES string of the molecule is Cc1cc(N(C)C(C)C2CC2)c(Br)cc1N. The molecule has 1 saturated carbocycles. The predicted octanol–water partition coefficient (Wildman–Crippen LogP) is 3.57. The summed E-state index contributed by atoms with van der Waals surface area (Å²) >= 11 is 3.60. The van der Waals surface area contributed by atoms with Gasteiger partial charge in [-0.15, -0.1) is 0 Å². The zero-order chi connectivity index (χ0) is 11.9. The first kappa shape index (κ1) is 11.8. The Morgan fingerprint density at radius 1 is 1.44 bits per heavy atom. The highest BCUT2D eigenvalue weighted by molar-refractivity contribution is 9.10. The summed E-state index contributed by atoms with van der Waals surface area (Å²) in [6.07, 6.45) is 2.74. The van der Waals surface area contributed by atoms with Crippen molar-refractivity contribution < 1.29 is 0 Å². The summed E-state index contributed by atoms with van der Waals surface area (Å²) in [6.45, 7) is 4.36. The van der Waals surface area contributed by atoms with Gasteiger partial charge < -0.3 is 10.6 Å². The van der Waals surface area contributed by atoms with Crippen LogP contribution < -0.4 is 10.6 Å². The largest absolute Gasteiger partial charge is 0.398 e. The van der Waals surface area contributed by atoms with E-state index in [1.165, 1.54) is 18.5 Å². The second-order valence-electron chi connectivity index (χ2n) is 4.85. The van der Waals surface area contributed by atoms with E-state index in [0.717, 1.165) is 21.6 Å². The number of hydrogen-bond donors (Lipinski definition) is 1. The molecule has 2 rings (SSSR count). The predicted molar refractivity (Wildman–Crippen MR) is 73.9 cm³/mol. The molecule has 1 unspecified atom stereocenters. The smallest absolute Gasteiger partial charge is 0.0514 e. The second-order valence-corrected chi connectivity index (χ2v) is 5.70. The third-order valence-electron chi connectivity index (χ3n) is 3.63. The number of halogens is 1. The molecule has 3 heteroatoms. The van der Waals surface area contributed by atoms with Gasteiger partial charge in [-0.3, -0.25) is 0 Å². The molecule has 1 aliphatic carbocycles. The lowest BCUT2D eigenvalue weighted by Crippen LogP contribution is -2.30. The summed E-state index contributed by atoms with van der Waals surface area (Å²) in [6, 6.07) is 4.78. The number of nitrogen functional groups attached to an aromatic ring is 1. The zero-order valence-corrected chi connectivity index (χ0v) is 11.7. The van der Waals surface area contributed by atoms with Gasteiger partial charge in [0, 0.05) is 23.2 Å². The maximum absolute atomic E-state index is 5.89. The number of nitrogens with two attached hydrogens (primary N) is 1. The Labute approximate surface area is 106 Å². The molecule has 1 fully saturated rings. The normalized spacial score (nSPS) is 17.2. The van der Waals surface area contributed by atoms with Crippen molar-refractivity contribution in [3.05, 3.63) is 22.2 Å². The molecule has 0 aromatic heterocycles. The molecule has 0 heterocycles. The van der Waals surface area contributed by atoms with E-state index >= 15 is 0 Å². The van der Waals surface area contributed by atoms with Crippen LogP contribution in [-0.4, -0.2) is 13.1 Å². The van der Waals surface area contributed by atoms with Crippen molar-refractivity contribution >= 4 is 27.3 Å². The molecule has 2 nitrogen and oxygen atoms in total. The summed E-state index contributed by atoms with van der Waals surface area (Å²) in [5, 5.41) is 0. The maximum Gasteiger partial charge on any atom is 0.0514 e. The average molecular weight is 283 g/mol. The van der Waals surface area contributed by atoms with Gasteiger partial charge in [0.1, 0.15) is 0 Å². The fourth-order valence-corrected chi connectivity index (χ4v) is 2.71. The summed E-state index contributed by atoms with van der Waals surface area (Å²) < 4.78 is 1.09. The summed E-state index contributed by atoms with van der Waals surface area (Å²) in [5.41, 5.74) is 9.13. The molecule has 0 bridgehead atoms. The Morgan fingerprint density at radius 3 is 2.62 bits per heavy atom. The fraction of sp³-hybridized carbons (Fsp3) is 0.538. The van der Waals surface area contributed by atoms with Gasteiger partial charge >= 0.3 is 0 Å². The zero-order valence-electron chi connectivity index (χ0n) is 10.1. The van der Waals surface area contributed by atoms with Gasteiger partial charge in [0.05, 0.1) is 5.69 Å². The quantitative estimate of drug-likeness (QED) is 0.859. The monoisotopic (exact) mass is 282 g/mol. The van der Waals surface area contributed by atoms with Crippen molar-refractivity contribution in [2.24, 2.45) is 5.92 Å². The molecule has 16 heavy (non-hydrogen) atoms. The van der Waals surface area contributed by atoms with Gasteiger partial charge in [0.2, 0.25) is 0 Å². The number of benzene rings is 1. The summed E-state index contributed by atoms with van der Waals surface area (Å²) in [4.78, 5) is 2.36. The second kappa shape index (κ2) is 4.28. The van der Waals surface area contributed by atoms with E-state index in [4.69, 9.17) is 5.73 Å². The fourth-order valence-electron chi connectivity index (χ4n) is 2.07. The molecule has 1 atom stereocenters. The van der Waals surface area contributed by atoms with Gasteiger partial charge in [0.25, 0.3) is 0 Å². The van der Waals surface area contributed by atoms with Gasteiger partial charge in [-0.25, -0.2) is 0 Å². The van der Waals surface area contributed by atoms with Crippen LogP contribution in [0.15, 0.2) is 16.6 Å². The van der Waals surface area contributed by atoms with E-state index in [2.05, 4.69) is 47.8 Å². The Balaban J connectivity index is 2.28. The lowest BCUT2D eigenvalue weighted by molar-refractivity contribution is 0.608. The summed E-state index contributed by atoms with van der Waals surface area (Å²) in [5.74, 6) is 0.870. The van der Waals surface area contributed by atoms with E-state index in [-0.39, 0.29) is 0 Å². The van der Waals surface area contributed by atoms with Crippen molar-refractivity contribution in [2.75, 3.05) is 17.7 Å². The first-order valence-corrected chi connectivity index (χ1v) is 6.58. The lowest BCUT2D eigenvalue weighted by atomic mass is 10.1. The third kappa shape index (κ3) is 2.19. The molecular formula is C13H19BrN2. The Kier molecular flexibility index (Phi) is 3.15. The summed E-state index contributed by atoms with van der Waals surface area (Å²) in [7, 11) is 2.17. The number of hydrogen-bond acceptors (Lipinski definition) is 2. The van der Waals surface area contributed by atoms with Gasteiger partial charge in [-0.1, -0.05) is 0 Å². The molecule has 88 valence electrons. The number of nitrogens with zero attached hydrogens (tertiary/aromatic N) is 1. The molecule has 0 aliphatic heterocycles. The molecule has 2 N–H and O–H groups in total. The number of anilines is 2. The Hall–Kier alpha value is -0.700. The highest BCUT2D eigenvalue weighted by Crippen LogP contribution is 2.38. The van der Waals surface area contributed by atoms with Gasteiger partial charge in [-0.2, -0.15) is 0 Å². The number of aryl methyl sites for hydroxylation is 1. The van der Waals surface area contributed by atoms with Crippen LogP contribution in [0.3, 0.4) is 0 Å². The van der Waals surface area contributed by atoms with Crippen LogP contribution in [0.5, 0.6) is 0 Å². The minimum atomic E-state index is 0.610. The molecule has 0 spiro atoms. The van der Waals surface area contributed by atoms with Crippen molar-refractivity contribution in [3.8, 4) is 0 Å². The highest BCUT2D eigenvalue weighted by atomic mass is 79.9. The van der Waals surface area contributed by atoms with Crippen LogP contribution in [0.1, 0.15) is 25.3 Å². The first-order chi connectivity index (χ1) is 7.50.